The van der Waals surface area contributed by atoms with Crippen LogP contribution in [0.4, 0.5) is 21.8 Å². The number of aromatic nitrogens is 3. The van der Waals surface area contributed by atoms with Gasteiger partial charge in [-0.05, 0) is 55.3 Å². The predicted octanol–water partition coefficient (Wildman–Crippen LogP) is 3.33. The summed E-state index contributed by atoms with van der Waals surface area (Å²) in [4.78, 5) is 20.8. The minimum atomic E-state index is -0.357. The van der Waals surface area contributed by atoms with E-state index in [4.69, 9.17) is 0 Å². The number of halogens is 1. The predicted molar refractivity (Wildman–Crippen MR) is 114 cm³/mol. The van der Waals surface area contributed by atoms with Crippen LogP contribution < -0.4 is 10.2 Å². The Balaban J connectivity index is 1.35. The standard InChI is InChI=1S/C22H23FN6O/c1-15-3-6-19(24-14-15)25-20-7-8-21(27-26-20)28-9-11-29(12-10-28)22(30)17-5-4-16(2)18(23)13-17/h3-8,13-14H,9-12H2,1-2H3,(H,24,25,26). The molecule has 0 spiro atoms. The van der Waals surface area contributed by atoms with Crippen molar-refractivity contribution in [2.24, 2.45) is 0 Å². The highest BCUT2D eigenvalue weighted by atomic mass is 19.1. The van der Waals surface area contributed by atoms with Crippen LogP contribution in [-0.4, -0.2) is 52.2 Å². The lowest BCUT2D eigenvalue weighted by molar-refractivity contribution is 0.0746. The largest absolute Gasteiger partial charge is 0.352 e. The molecule has 1 amide bonds. The van der Waals surface area contributed by atoms with E-state index in [0.29, 0.717) is 48.9 Å². The minimum absolute atomic E-state index is 0.148. The summed E-state index contributed by atoms with van der Waals surface area (Å²) in [6, 6.07) is 12.2. The van der Waals surface area contributed by atoms with Crippen LogP contribution in [0.1, 0.15) is 21.5 Å². The second kappa shape index (κ2) is 8.44. The fourth-order valence-electron chi connectivity index (χ4n) is 3.28. The van der Waals surface area contributed by atoms with Crippen molar-refractivity contribution in [2.45, 2.75) is 13.8 Å². The maximum Gasteiger partial charge on any atom is 0.254 e. The third-order valence-electron chi connectivity index (χ3n) is 5.13. The van der Waals surface area contributed by atoms with Crippen LogP contribution in [-0.2, 0) is 0 Å². The molecular formula is C22H23FN6O. The van der Waals surface area contributed by atoms with Gasteiger partial charge in [-0.3, -0.25) is 4.79 Å². The number of pyridine rings is 1. The molecule has 3 heterocycles. The van der Waals surface area contributed by atoms with E-state index in [9.17, 15) is 9.18 Å². The molecule has 1 fully saturated rings. The summed E-state index contributed by atoms with van der Waals surface area (Å²) in [5, 5.41) is 11.6. The first-order valence-electron chi connectivity index (χ1n) is 9.83. The number of benzene rings is 1. The van der Waals surface area contributed by atoms with E-state index >= 15 is 0 Å². The SMILES string of the molecule is Cc1ccc(Nc2ccc(N3CCN(C(=O)c4ccc(C)c(F)c4)CC3)nn2)nc1. The van der Waals surface area contributed by atoms with Gasteiger partial charge in [0.05, 0.1) is 0 Å². The molecule has 3 aromatic rings. The Hall–Kier alpha value is -3.55. The first kappa shape index (κ1) is 19.8. The monoisotopic (exact) mass is 406 g/mol. The Morgan fingerprint density at radius 3 is 2.37 bits per heavy atom. The van der Waals surface area contributed by atoms with E-state index < -0.39 is 0 Å². The molecule has 0 aliphatic carbocycles. The average Bonchev–Trinajstić information content (AvgIpc) is 2.77. The van der Waals surface area contributed by atoms with Gasteiger partial charge in [0.25, 0.3) is 5.91 Å². The third-order valence-corrected chi connectivity index (χ3v) is 5.13. The number of aryl methyl sites for hydroxylation is 2. The number of rotatable bonds is 4. The summed E-state index contributed by atoms with van der Waals surface area (Å²) in [5.41, 5.74) is 2.00. The molecule has 1 aliphatic heterocycles. The molecule has 1 N–H and O–H groups in total. The number of carbonyl (C=O) groups is 1. The summed E-state index contributed by atoms with van der Waals surface area (Å²) in [6.07, 6.45) is 1.79. The second-order valence-corrected chi connectivity index (χ2v) is 7.37. The molecule has 154 valence electrons. The Morgan fingerprint density at radius 2 is 1.73 bits per heavy atom. The van der Waals surface area contributed by atoms with Crippen LogP contribution in [0.25, 0.3) is 0 Å². The Morgan fingerprint density at radius 1 is 0.967 bits per heavy atom. The number of nitrogens with one attached hydrogen (secondary N) is 1. The molecule has 1 saturated heterocycles. The topological polar surface area (TPSA) is 74.2 Å². The molecule has 0 atom stereocenters. The highest BCUT2D eigenvalue weighted by Crippen LogP contribution is 2.18. The minimum Gasteiger partial charge on any atom is -0.352 e. The highest BCUT2D eigenvalue weighted by molar-refractivity contribution is 5.94. The normalized spacial score (nSPS) is 14.0. The van der Waals surface area contributed by atoms with Gasteiger partial charge >= 0.3 is 0 Å². The van der Waals surface area contributed by atoms with E-state index in [1.165, 1.54) is 6.07 Å². The molecule has 1 aromatic carbocycles. The van der Waals surface area contributed by atoms with Crippen LogP contribution in [0, 0.1) is 19.7 Å². The molecule has 7 nitrogen and oxygen atoms in total. The van der Waals surface area contributed by atoms with Gasteiger partial charge in [0.2, 0.25) is 0 Å². The first-order valence-corrected chi connectivity index (χ1v) is 9.83. The van der Waals surface area contributed by atoms with E-state index in [2.05, 4.69) is 25.4 Å². The van der Waals surface area contributed by atoms with Crippen LogP contribution in [0.2, 0.25) is 0 Å². The number of amides is 1. The van der Waals surface area contributed by atoms with Crippen molar-refractivity contribution < 1.29 is 9.18 Å². The fourth-order valence-corrected chi connectivity index (χ4v) is 3.28. The van der Waals surface area contributed by atoms with Crippen LogP contribution in [0.15, 0.2) is 48.7 Å². The highest BCUT2D eigenvalue weighted by Gasteiger charge is 2.23. The summed E-state index contributed by atoms with van der Waals surface area (Å²) in [7, 11) is 0. The molecule has 8 heteroatoms. The molecule has 4 rings (SSSR count). The number of carbonyl (C=O) groups excluding carboxylic acids is 1. The van der Waals surface area contributed by atoms with Gasteiger partial charge in [-0.2, -0.15) is 0 Å². The number of anilines is 3. The van der Waals surface area contributed by atoms with Gasteiger partial charge in [-0.15, -0.1) is 10.2 Å². The van der Waals surface area contributed by atoms with E-state index in [1.54, 1.807) is 30.2 Å². The Bertz CT molecular complexity index is 1030. The van der Waals surface area contributed by atoms with Crippen molar-refractivity contribution in [1.29, 1.82) is 0 Å². The lowest BCUT2D eigenvalue weighted by Gasteiger charge is -2.35. The number of hydrogen-bond donors (Lipinski definition) is 1. The first-order chi connectivity index (χ1) is 14.5. The van der Waals surface area contributed by atoms with E-state index in [0.717, 1.165) is 11.4 Å². The van der Waals surface area contributed by atoms with Crippen molar-refractivity contribution in [1.82, 2.24) is 20.1 Å². The summed E-state index contributed by atoms with van der Waals surface area (Å²) < 4.78 is 13.8. The van der Waals surface area contributed by atoms with Crippen LogP contribution in [0.3, 0.4) is 0 Å². The Kier molecular flexibility index (Phi) is 5.56. The lowest BCUT2D eigenvalue weighted by atomic mass is 10.1. The fraction of sp³-hybridized carbons (Fsp3) is 0.273. The third kappa shape index (κ3) is 4.37. The molecule has 1 aliphatic rings. The van der Waals surface area contributed by atoms with Gasteiger partial charge in [0, 0.05) is 37.9 Å². The van der Waals surface area contributed by atoms with Gasteiger partial charge in [0.1, 0.15) is 11.6 Å². The van der Waals surface area contributed by atoms with Crippen LogP contribution >= 0.6 is 0 Å². The van der Waals surface area contributed by atoms with Crippen molar-refractivity contribution in [3.8, 4) is 0 Å². The van der Waals surface area contributed by atoms with Crippen molar-refractivity contribution in [3.05, 3.63) is 71.2 Å². The average molecular weight is 406 g/mol. The summed E-state index contributed by atoms with van der Waals surface area (Å²) in [5.74, 6) is 1.58. The quantitative estimate of drug-likeness (QED) is 0.716. The maximum absolute atomic E-state index is 13.8. The van der Waals surface area contributed by atoms with Crippen molar-refractivity contribution in [3.63, 3.8) is 0 Å². The molecule has 0 bridgehead atoms. The van der Waals surface area contributed by atoms with Crippen LogP contribution in [0.5, 0.6) is 0 Å². The molecule has 2 aromatic heterocycles. The number of piperazine rings is 1. The molecule has 30 heavy (non-hydrogen) atoms. The second-order valence-electron chi connectivity index (χ2n) is 7.37. The van der Waals surface area contributed by atoms with Crippen molar-refractivity contribution in [2.75, 3.05) is 36.4 Å². The molecule has 0 unspecified atom stereocenters. The van der Waals surface area contributed by atoms with E-state index in [1.807, 2.05) is 31.2 Å². The summed E-state index contributed by atoms with van der Waals surface area (Å²) in [6.45, 7) is 6.04. The lowest BCUT2D eigenvalue weighted by Crippen LogP contribution is -2.49. The zero-order valence-electron chi connectivity index (χ0n) is 17.0. The van der Waals surface area contributed by atoms with Gasteiger partial charge in [-0.25, -0.2) is 9.37 Å². The zero-order chi connectivity index (χ0) is 21.1. The Labute approximate surface area is 174 Å². The molecule has 0 saturated carbocycles. The van der Waals surface area contributed by atoms with Crippen molar-refractivity contribution >= 4 is 23.4 Å². The zero-order valence-corrected chi connectivity index (χ0v) is 17.0. The van der Waals surface area contributed by atoms with E-state index in [-0.39, 0.29) is 11.7 Å². The number of hydrogen-bond acceptors (Lipinski definition) is 6. The molecule has 0 radical (unpaired) electrons. The van der Waals surface area contributed by atoms with Gasteiger partial charge in [-0.1, -0.05) is 12.1 Å². The summed E-state index contributed by atoms with van der Waals surface area (Å²) >= 11 is 0. The molecular weight excluding hydrogens is 383 g/mol. The maximum atomic E-state index is 13.8. The smallest absolute Gasteiger partial charge is 0.254 e. The van der Waals surface area contributed by atoms with Gasteiger partial charge in [0.15, 0.2) is 11.6 Å². The van der Waals surface area contributed by atoms with Gasteiger partial charge < -0.3 is 15.1 Å². The number of nitrogens with zero attached hydrogens (tertiary/aromatic N) is 5.